The van der Waals surface area contributed by atoms with Gasteiger partial charge in [0.15, 0.2) is 5.13 Å². The number of carbonyl (C=O) groups excluding carboxylic acids is 2. The van der Waals surface area contributed by atoms with Crippen LogP contribution in [0.25, 0.3) is 0 Å². The number of rotatable bonds is 5. The second-order valence-corrected chi connectivity index (χ2v) is 5.75. The molecule has 1 fully saturated rings. The van der Waals surface area contributed by atoms with Crippen LogP contribution < -0.4 is 5.32 Å². The molecule has 114 valence electrons. The fourth-order valence-electron chi connectivity index (χ4n) is 2.14. The third-order valence-electron chi connectivity index (χ3n) is 3.14. The van der Waals surface area contributed by atoms with E-state index < -0.39 is 5.97 Å². The largest absolute Gasteiger partial charge is 0.481 e. The van der Waals surface area contributed by atoms with Crippen molar-refractivity contribution in [2.24, 2.45) is 0 Å². The highest BCUT2D eigenvalue weighted by Gasteiger charge is 2.19. The number of nitrogens with one attached hydrogen (secondary N) is 1. The molecule has 1 aliphatic heterocycles. The van der Waals surface area contributed by atoms with E-state index in [1.165, 1.54) is 11.3 Å². The summed E-state index contributed by atoms with van der Waals surface area (Å²) in [5, 5.41) is 13.2. The van der Waals surface area contributed by atoms with E-state index in [0.29, 0.717) is 23.8 Å². The summed E-state index contributed by atoms with van der Waals surface area (Å²) in [4.78, 5) is 39.9. The molecule has 1 aliphatic rings. The molecular weight excluding hydrogens is 294 g/mol. The molecule has 21 heavy (non-hydrogen) atoms. The van der Waals surface area contributed by atoms with Gasteiger partial charge in [0.1, 0.15) is 0 Å². The highest BCUT2D eigenvalue weighted by molar-refractivity contribution is 7.13. The molecule has 7 nitrogen and oxygen atoms in total. The number of carboxylic acids is 1. The van der Waals surface area contributed by atoms with Crippen LogP contribution in [0.4, 0.5) is 5.13 Å². The summed E-state index contributed by atoms with van der Waals surface area (Å²) in [5.74, 6) is -1.26. The second kappa shape index (κ2) is 7.16. The van der Waals surface area contributed by atoms with Crippen molar-refractivity contribution in [1.82, 2.24) is 9.88 Å². The lowest BCUT2D eigenvalue weighted by Gasteiger charge is -2.19. The zero-order valence-electron chi connectivity index (χ0n) is 11.5. The van der Waals surface area contributed by atoms with Gasteiger partial charge in [0.05, 0.1) is 18.7 Å². The summed E-state index contributed by atoms with van der Waals surface area (Å²) in [7, 11) is 0. The number of carboxylic acid groups (broad SMARTS) is 1. The maximum absolute atomic E-state index is 11.9. The molecule has 0 spiro atoms. The lowest BCUT2D eigenvalue weighted by atomic mass is 10.2. The molecule has 2 amide bonds. The maximum atomic E-state index is 11.9. The number of aliphatic carboxylic acids is 1. The molecule has 0 radical (unpaired) electrons. The van der Waals surface area contributed by atoms with Crippen LogP contribution in [0.1, 0.15) is 31.4 Å². The molecule has 1 aromatic heterocycles. The standard InChI is InChI=1S/C13H17N3O4S/c17-10(7-16-5-3-1-2-4-11(16)18)15-13-14-9(8-21-13)6-12(19)20/h8H,1-7H2,(H,19,20)(H,14,15,17). The summed E-state index contributed by atoms with van der Waals surface area (Å²) in [5.41, 5.74) is 0.411. The van der Waals surface area contributed by atoms with Gasteiger partial charge in [0.25, 0.3) is 0 Å². The first kappa shape index (κ1) is 15.4. The number of anilines is 1. The molecule has 8 heteroatoms. The van der Waals surface area contributed by atoms with E-state index in [4.69, 9.17) is 5.11 Å². The fourth-order valence-corrected chi connectivity index (χ4v) is 2.86. The Morgan fingerprint density at radius 1 is 1.38 bits per heavy atom. The zero-order chi connectivity index (χ0) is 15.2. The summed E-state index contributed by atoms with van der Waals surface area (Å²) < 4.78 is 0. The lowest BCUT2D eigenvalue weighted by Crippen LogP contribution is -2.37. The van der Waals surface area contributed by atoms with Gasteiger partial charge in [-0.15, -0.1) is 11.3 Å². The van der Waals surface area contributed by atoms with E-state index in [0.717, 1.165) is 19.3 Å². The maximum Gasteiger partial charge on any atom is 0.309 e. The number of likely N-dealkylation sites (tertiary alicyclic amines) is 1. The van der Waals surface area contributed by atoms with Crippen molar-refractivity contribution < 1.29 is 19.5 Å². The molecule has 0 atom stereocenters. The number of nitrogens with zero attached hydrogens (tertiary/aromatic N) is 2. The molecule has 0 saturated carbocycles. The van der Waals surface area contributed by atoms with Gasteiger partial charge in [0.2, 0.25) is 11.8 Å². The molecule has 2 rings (SSSR count). The molecule has 2 N–H and O–H groups in total. The van der Waals surface area contributed by atoms with Gasteiger partial charge < -0.3 is 15.3 Å². The summed E-state index contributed by atoms with van der Waals surface area (Å²) >= 11 is 1.18. The minimum absolute atomic E-state index is 0.00774. The number of thiazole rings is 1. The second-order valence-electron chi connectivity index (χ2n) is 4.89. The van der Waals surface area contributed by atoms with Crippen LogP contribution >= 0.6 is 11.3 Å². The van der Waals surface area contributed by atoms with Crippen molar-refractivity contribution in [3.63, 3.8) is 0 Å². The van der Waals surface area contributed by atoms with Crippen molar-refractivity contribution in [2.75, 3.05) is 18.4 Å². The number of aromatic nitrogens is 1. The van der Waals surface area contributed by atoms with Crippen LogP contribution in [-0.2, 0) is 20.8 Å². The monoisotopic (exact) mass is 311 g/mol. The van der Waals surface area contributed by atoms with Gasteiger partial charge in [0, 0.05) is 18.3 Å². The molecule has 2 heterocycles. The SMILES string of the molecule is O=C(O)Cc1csc(NC(=O)CN2CCCCCC2=O)n1. The minimum atomic E-state index is -0.965. The predicted molar refractivity (Wildman–Crippen MR) is 77.1 cm³/mol. The van der Waals surface area contributed by atoms with Crippen LogP contribution in [-0.4, -0.2) is 45.9 Å². The summed E-state index contributed by atoms with van der Waals surface area (Å²) in [6.07, 6.45) is 3.13. The quantitative estimate of drug-likeness (QED) is 0.848. The highest BCUT2D eigenvalue weighted by atomic mass is 32.1. The molecule has 0 aromatic carbocycles. The van der Waals surface area contributed by atoms with E-state index >= 15 is 0 Å². The van der Waals surface area contributed by atoms with Gasteiger partial charge >= 0.3 is 5.97 Å². The van der Waals surface area contributed by atoms with Crippen molar-refractivity contribution in [3.8, 4) is 0 Å². The van der Waals surface area contributed by atoms with Crippen molar-refractivity contribution in [1.29, 1.82) is 0 Å². The first-order valence-corrected chi connectivity index (χ1v) is 7.66. The smallest absolute Gasteiger partial charge is 0.309 e. The van der Waals surface area contributed by atoms with Gasteiger partial charge in [-0.05, 0) is 12.8 Å². The lowest BCUT2D eigenvalue weighted by molar-refractivity contribution is -0.136. The molecule has 1 aromatic rings. The Hall–Kier alpha value is -1.96. The van der Waals surface area contributed by atoms with E-state index in [1.807, 2.05) is 0 Å². The average Bonchev–Trinajstić information content (AvgIpc) is 2.72. The Labute approximate surface area is 126 Å². The van der Waals surface area contributed by atoms with Gasteiger partial charge in [-0.2, -0.15) is 0 Å². The average molecular weight is 311 g/mol. The first-order chi connectivity index (χ1) is 10.0. The molecule has 0 bridgehead atoms. The van der Waals surface area contributed by atoms with E-state index in [2.05, 4.69) is 10.3 Å². The number of hydrogen-bond acceptors (Lipinski definition) is 5. The Morgan fingerprint density at radius 3 is 2.95 bits per heavy atom. The van der Waals surface area contributed by atoms with Crippen LogP contribution in [0, 0.1) is 0 Å². The van der Waals surface area contributed by atoms with Crippen molar-refractivity contribution in [3.05, 3.63) is 11.1 Å². The van der Waals surface area contributed by atoms with Crippen LogP contribution in [0.15, 0.2) is 5.38 Å². The van der Waals surface area contributed by atoms with Crippen LogP contribution in [0.5, 0.6) is 0 Å². The minimum Gasteiger partial charge on any atom is -0.481 e. The molecule has 0 unspecified atom stereocenters. The zero-order valence-corrected chi connectivity index (χ0v) is 12.3. The Balaban J connectivity index is 1.87. The number of carbonyl (C=O) groups is 3. The number of hydrogen-bond donors (Lipinski definition) is 2. The fraction of sp³-hybridized carbons (Fsp3) is 0.538. The van der Waals surface area contributed by atoms with Crippen LogP contribution in [0.2, 0.25) is 0 Å². The van der Waals surface area contributed by atoms with Gasteiger partial charge in [-0.25, -0.2) is 4.98 Å². The Kier molecular flexibility index (Phi) is 5.26. The Morgan fingerprint density at radius 2 is 2.19 bits per heavy atom. The highest BCUT2D eigenvalue weighted by Crippen LogP contribution is 2.16. The van der Waals surface area contributed by atoms with Gasteiger partial charge in [-0.3, -0.25) is 14.4 Å². The molecule has 0 aliphatic carbocycles. The molecular formula is C13H17N3O4S. The van der Waals surface area contributed by atoms with Gasteiger partial charge in [-0.1, -0.05) is 6.42 Å². The first-order valence-electron chi connectivity index (χ1n) is 6.78. The van der Waals surface area contributed by atoms with Crippen molar-refractivity contribution >= 4 is 34.3 Å². The topological polar surface area (TPSA) is 99.6 Å². The van der Waals surface area contributed by atoms with E-state index in [1.54, 1.807) is 10.3 Å². The molecule has 1 saturated heterocycles. The summed E-state index contributed by atoms with van der Waals surface area (Å²) in [6, 6.07) is 0. The predicted octanol–water partition coefficient (Wildman–Crippen LogP) is 1.11. The van der Waals surface area contributed by atoms with Crippen molar-refractivity contribution in [2.45, 2.75) is 32.1 Å². The van der Waals surface area contributed by atoms with E-state index in [-0.39, 0.29) is 24.8 Å². The Bertz CT molecular complexity index is 543. The normalized spacial score (nSPS) is 15.6. The number of amides is 2. The van der Waals surface area contributed by atoms with E-state index in [9.17, 15) is 14.4 Å². The summed E-state index contributed by atoms with van der Waals surface area (Å²) in [6.45, 7) is 0.626. The van der Waals surface area contributed by atoms with Crippen LogP contribution in [0.3, 0.4) is 0 Å². The third kappa shape index (κ3) is 4.82. The third-order valence-corrected chi connectivity index (χ3v) is 3.94.